The summed E-state index contributed by atoms with van der Waals surface area (Å²) in [5.74, 6) is -1.27. The van der Waals surface area contributed by atoms with Gasteiger partial charge in [-0.3, -0.25) is 24.4 Å². The predicted molar refractivity (Wildman–Crippen MR) is 144 cm³/mol. The molecule has 0 saturated heterocycles. The summed E-state index contributed by atoms with van der Waals surface area (Å²) in [7, 11) is 1.40. The van der Waals surface area contributed by atoms with Crippen LogP contribution in [-0.2, 0) is 29.1 Å². The molecule has 38 heavy (non-hydrogen) atoms. The third-order valence-corrected chi connectivity index (χ3v) is 5.55. The number of anilines is 2. The minimum absolute atomic E-state index is 0.0560. The number of rotatable bonds is 11. The molecule has 2 aromatic carbocycles. The summed E-state index contributed by atoms with van der Waals surface area (Å²) < 4.78 is 6.70. The highest BCUT2D eigenvalue weighted by atomic mass is 16.5. The molecule has 0 radical (unpaired) electrons. The molecule has 0 unspecified atom stereocenters. The summed E-state index contributed by atoms with van der Waals surface area (Å²) in [5.41, 5.74) is 13.6. The van der Waals surface area contributed by atoms with Crippen molar-refractivity contribution in [3.05, 3.63) is 69.6 Å². The number of carboxylic acids is 1. The van der Waals surface area contributed by atoms with Crippen LogP contribution in [0.25, 0.3) is 11.3 Å². The van der Waals surface area contributed by atoms with Crippen molar-refractivity contribution in [2.24, 2.45) is 5.73 Å². The van der Waals surface area contributed by atoms with E-state index < -0.39 is 17.4 Å². The minimum Gasteiger partial charge on any atom is -0.494 e. The van der Waals surface area contributed by atoms with Crippen LogP contribution in [0.15, 0.2) is 47.4 Å². The van der Waals surface area contributed by atoms with Crippen LogP contribution in [0.3, 0.4) is 0 Å². The molecule has 1 amide bonds. The van der Waals surface area contributed by atoms with Crippen LogP contribution in [0.2, 0.25) is 0 Å². The molecule has 0 fully saturated rings. The van der Waals surface area contributed by atoms with Crippen LogP contribution in [0.4, 0.5) is 11.5 Å². The molecule has 1 aromatic heterocycles. The monoisotopic (exact) mass is 521 g/mol. The first-order valence-electron chi connectivity index (χ1n) is 11.7. The highest BCUT2D eigenvalue weighted by Gasteiger charge is 2.20. The Bertz CT molecular complexity index is 1410. The normalized spacial score (nSPS) is 10.7. The zero-order valence-electron chi connectivity index (χ0n) is 21.4. The molecule has 0 aliphatic carbocycles. The van der Waals surface area contributed by atoms with Gasteiger partial charge in [0.05, 0.1) is 31.1 Å². The molecular weight excluding hydrogens is 490 g/mol. The van der Waals surface area contributed by atoms with E-state index in [0.717, 1.165) is 5.56 Å². The molecule has 3 aromatic rings. The third kappa shape index (κ3) is 6.66. The number of ether oxygens (including phenoxy) is 1. The molecule has 1 heterocycles. The topological polar surface area (TPSA) is 198 Å². The van der Waals surface area contributed by atoms with Crippen molar-refractivity contribution in [2.75, 3.05) is 18.2 Å². The summed E-state index contributed by atoms with van der Waals surface area (Å²) in [5, 5.41) is 22.5. The fraction of sp³-hybridized carbons (Fsp3) is 0.269. The number of carboxylic acid groups (broad SMARTS) is 1. The number of carbonyl (C=O) groups excluding carboxylic acids is 1. The Morgan fingerprint density at radius 2 is 1.87 bits per heavy atom. The van der Waals surface area contributed by atoms with Crippen LogP contribution in [0.1, 0.15) is 30.5 Å². The summed E-state index contributed by atoms with van der Waals surface area (Å²) in [6, 6.07) is 9.80. The van der Waals surface area contributed by atoms with Crippen LogP contribution < -0.4 is 32.4 Å². The molecule has 12 nitrogen and oxygen atoms in total. The molecular formula is C26H31N7O5. The first-order valence-corrected chi connectivity index (χ1v) is 11.7. The maximum atomic E-state index is 13.4. The van der Waals surface area contributed by atoms with E-state index in [1.165, 1.54) is 23.9 Å². The maximum Gasteiger partial charge on any atom is 0.307 e. The Kier molecular flexibility index (Phi) is 8.69. The SMILES string of the molecule is COc1c(N)cc(CC(=O)O)cc1-c1cnc(NC(C)C)c(=O)n1CC(=O)NCc1ccc(C(=N)N)cc1. The largest absolute Gasteiger partial charge is 0.494 e. The van der Waals surface area contributed by atoms with E-state index >= 15 is 0 Å². The summed E-state index contributed by atoms with van der Waals surface area (Å²) in [6.07, 6.45) is 1.12. The number of amidine groups is 1. The van der Waals surface area contributed by atoms with Gasteiger partial charge >= 0.3 is 5.97 Å². The van der Waals surface area contributed by atoms with Gasteiger partial charge < -0.3 is 31.9 Å². The van der Waals surface area contributed by atoms with Gasteiger partial charge in [0.15, 0.2) is 11.6 Å². The van der Waals surface area contributed by atoms with Gasteiger partial charge in [0, 0.05) is 23.7 Å². The van der Waals surface area contributed by atoms with Crippen molar-refractivity contribution >= 4 is 29.2 Å². The van der Waals surface area contributed by atoms with Crippen LogP contribution in [0.5, 0.6) is 5.75 Å². The van der Waals surface area contributed by atoms with Crippen molar-refractivity contribution in [3.8, 4) is 17.0 Å². The van der Waals surface area contributed by atoms with E-state index in [4.69, 9.17) is 21.6 Å². The van der Waals surface area contributed by atoms with Gasteiger partial charge in [-0.15, -0.1) is 0 Å². The molecule has 0 aliphatic heterocycles. The van der Waals surface area contributed by atoms with Crippen molar-refractivity contribution in [1.82, 2.24) is 14.9 Å². The van der Waals surface area contributed by atoms with E-state index in [1.807, 2.05) is 13.8 Å². The minimum atomic E-state index is -1.05. The molecule has 0 aliphatic rings. The number of hydrogen-bond donors (Lipinski definition) is 6. The van der Waals surface area contributed by atoms with Crippen LogP contribution in [0, 0.1) is 5.41 Å². The van der Waals surface area contributed by atoms with Crippen molar-refractivity contribution in [2.45, 2.75) is 39.4 Å². The number of aliphatic carboxylic acids is 1. The average Bonchev–Trinajstić information content (AvgIpc) is 2.84. The molecule has 0 spiro atoms. The van der Waals surface area contributed by atoms with E-state index in [-0.39, 0.29) is 54.3 Å². The number of methoxy groups -OCH3 is 1. The van der Waals surface area contributed by atoms with Crippen molar-refractivity contribution in [1.29, 1.82) is 5.41 Å². The van der Waals surface area contributed by atoms with Gasteiger partial charge in [0.25, 0.3) is 5.56 Å². The summed E-state index contributed by atoms with van der Waals surface area (Å²) >= 11 is 0. The van der Waals surface area contributed by atoms with Crippen molar-refractivity contribution < 1.29 is 19.4 Å². The number of carbonyl (C=O) groups is 2. The predicted octanol–water partition coefficient (Wildman–Crippen LogP) is 1.55. The Balaban J connectivity index is 2.00. The quantitative estimate of drug-likeness (QED) is 0.123. The maximum absolute atomic E-state index is 13.4. The van der Waals surface area contributed by atoms with Crippen LogP contribution >= 0.6 is 0 Å². The molecule has 12 heteroatoms. The number of aromatic nitrogens is 2. The van der Waals surface area contributed by atoms with Gasteiger partial charge in [0.1, 0.15) is 12.4 Å². The number of nitrogens with one attached hydrogen (secondary N) is 3. The van der Waals surface area contributed by atoms with Gasteiger partial charge in [-0.05, 0) is 37.1 Å². The lowest BCUT2D eigenvalue weighted by atomic mass is 10.0. The zero-order valence-corrected chi connectivity index (χ0v) is 21.4. The molecule has 0 saturated carbocycles. The Morgan fingerprint density at radius 3 is 2.45 bits per heavy atom. The number of nitrogens with zero attached hydrogens (tertiary/aromatic N) is 2. The van der Waals surface area contributed by atoms with Crippen LogP contribution in [-0.4, -0.2) is 45.5 Å². The fourth-order valence-electron chi connectivity index (χ4n) is 3.84. The second kappa shape index (κ2) is 11.9. The molecule has 200 valence electrons. The second-order valence-corrected chi connectivity index (χ2v) is 8.91. The first-order chi connectivity index (χ1) is 18.0. The summed E-state index contributed by atoms with van der Waals surface area (Å²) in [4.78, 5) is 42.0. The van der Waals surface area contributed by atoms with Gasteiger partial charge in [-0.2, -0.15) is 0 Å². The highest BCUT2D eigenvalue weighted by molar-refractivity contribution is 5.94. The Morgan fingerprint density at radius 1 is 1.18 bits per heavy atom. The smallest absolute Gasteiger partial charge is 0.307 e. The van der Waals surface area contributed by atoms with Crippen molar-refractivity contribution in [3.63, 3.8) is 0 Å². The standard InChI is InChI=1S/C26H31N7O5/c1-14(2)32-25-26(37)33(13-21(34)30-11-15-4-6-17(7-5-15)24(28)29)20(12-31-25)18-8-16(10-22(35)36)9-19(27)23(18)38-3/h4-9,12,14H,10-11,13,27H2,1-3H3,(H3,28,29)(H,30,34)(H,31,32)(H,35,36). The molecule has 0 bridgehead atoms. The van der Waals surface area contributed by atoms with Gasteiger partial charge in [0.2, 0.25) is 5.91 Å². The molecule has 3 rings (SSSR count). The molecule has 0 atom stereocenters. The fourth-order valence-corrected chi connectivity index (χ4v) is 3.84. The van der Waals surface area contributed by atoms with Gasteiger partial charge in [-0.1, -0.05) is 24.3 Å². The second-order valence-electron chi connectivity index (χ2n) is 8.91. The number of nitrogens with two attached hydrogens (primary N) is 2. The molecule has 8 N–H and O–H groups in total. The lowest BCUT2D eigenvalue weighted by molar-refractivity contribution is -0.136. The van der Waals surface area contributed by atoms with E-state index in [0.29, 0.717) is 16.7 Å². The van der Waals surface area contributed by atoms with E-state index in [9.17, 15) is 19.5 Å². The Hall–Kier alpha value is -4.87. The average molecular weight is 522 g/mol. The lowest BCUT2D eigenvalue weighted by Gasteiger charge is -2.19. The zero-order chi connectivity index (χ0) is 28.0. The summed E-state index contributed by atoms with van der Waals surface area (Å²) in [6.45, 7) is 3.54. The van der Waals surface area contributed by atoms with E-state index in [2.05, 4.69) is 15.6 Å². The Labute approximate surface area is 219 Å². The lowest BCUT2D eigenvalue weighted by Crippen LogP contribution is -2.35. The van der Waals surface area contributed by atoms with Gasteiger partial charge in [-0.25, -0.2) is 4.98 Å². The number of nitrogen functional groups attached to an aromatic ring is 2. The number of amides is 1. The number of hydrogen-bond acceptors (Lipinski definition) is 8. The van der Waals surface area contributed by atoms with E-state index in [1.54, 1.807) is 30.3 Å². The highest BCUT2D eigenvalue weighted by Crippen LogP contribution is 2.36. The number of benzene rings is 2. The third-order valence-electron chi connectivity index (χ3n) is 5.55. The first kappa shape index (κ1) is 27.7.